The van der Waals surface area contributed by atoms with Crippen molar-refractivity contribution in [2.75, 3.05) is 47.0 Å². The maximum atomic E-state index is 10.6. The molecule has 0 amide bonds. The largest absolute Gasteiger partial charge is 0.490 e. The molecule has 1 aromatic heterocycles. The van der Waals surface area contributed by atoms with Crippen molar-refractivity contribution in [3.63, 3.8) is 0 Å². The molecule has 15 heteroatoms. The van der Waals surface area contributed by atoms with Gasteiger partial charge in [-0.05, 0) is 38.6 Å². The van der Waals surface area contributed by atoms with Gasteiger partial charge in [0.25, 0.3) is 0 Å². The number of ether oxygens (including phenoxy) is 2. The molecule has 1 aliphatic heterocycles. The Kier molecular flexibility index (Phi) is 13.2. The Morgan fingerprint density at radius 2 is 1.73 bits per heavy atom. The van der Waals surface area contributed by atoms with E-state index in [1.165, 1.54) is 18.4 Å². The topological polar surface area (TPSA) is 112 Å². The number of pyridine rings is 1. The lowest BCUT2D eigenvalue weighted by molar-refractivity contribution is -0.193. The van der Waals surface area contributed by atoms with E-state index in [9.17, 15) is 26.3 Å². The minimum Gasteiger partial charge on any atom is -0.475 e. The molecule has 3 atom stereocenters. The number of rotatable bonds is 7. The molecule has 9 nitrogen and oxygen atoms in total. The Hall–Kier alpha value is -2.49. The molecule has 1 saturated carbocycles. The number of nitrogens with zero attached hydrogens (tertiary/aromatic N) is 3. The molecule has 0 aromatic carbocycles. The van der Waals surface area contributed by atoms with Crippen LogP contribution in [0.1, 0.15) is 18.4 Å². The van der Waals surface area contributed by atoms with Gasteiger partial charge in [0.2, 0.25) is 0 Å². The van der Waals surface area contributed by atoms with Crippen LogP contribution in [-0.2, 0) is 25.6 Å². The van der Waals surface area contributed by atoms with Gasteiger partial charge in [0.1, 0.15) is 0 Å². The van der Waals surface area contributed by atoms with E-state index < -0.39 is 24.3 Å². The Morgan fingerprint density at radius 3 is 2.22 bits per heavy atom. The van der Waals surface area contributed by atoms with Gasteiger partial charge in [-0.2, -0.15) is 26.3 Å². The summed E-state index contributed by atoms with van der Waals surface area (Å²) < 4.78 is 75.5. The summed E-state index contributed by atoms with van der Waals surface area (Å²) >= 11 is 0. The quantitative estimate of drug-likeness (QED) is 0.393. The number of hydrogen-bond acceptors (Lipinski definition) is 7. The number of aliphatic carboxylic acids is 2. The van der Waals surface area contributed by atoms with Crippen molar-refractivity contribution in [2.45, 2.75) is 43.9 Å². The van der Waals surface area contributed by atoms with Gasteiger partial charge >= 0.3 is 24.3 Å². The normalized spacial score (nSPS) is 21.8. The highest BCUT2D eigenvalue weighted by molar-refractivity contribution is 5.73. The number of carbonyl (C=O) groups is 2. The summed E-state index contributed by atoms with van der Waals surface area (Å²) in [6.45, 7) is 5.44. The molecule has 212 valence electrons. The summed E-state index contributed by atoms with van der Waals surface area (Å²) in [5, 5.41) is 14.2. The van der Waals surface area contributed by atoms with Crippen molar-refractivity contribution in [2.24, 2.45) is 5.92 Å². The van der Waals surface area contributed by atoms with Crippen LogP contribution in [0.5, 0.6) is 0 Å². The fourth-order valence-electron chi connectivity index (χ4n) is 3.72. The molecule has 1 aliphatic carbocycles. The molecule has 0 radical (unpaired) electrons. The Bertz CT molecular complexity index is 801. The second kappa shape index (κ2) is 15.1. The van der Waals surface area contributed by atoms with Crippen LogP contribution in [0.15, 0.2) is 24.5 Å². The van der Waals surface area contributed by atoms with Crippen molar-refractivity contribution in [3.8, 4) is 0 Å². The summed E-state index contributed by atoms with van der Waals surface area (Å²) in [6, 6.07) is 4.71. The van der Waals surface area contributed by atoms with E-state index in [4.69, 9.17) is 29.3 Å². The van der Waals surface area contributed by atoms with Crippen LogP contribution in [0.3, 0.4) is 0 Å². The number of carboxylic acid groups (broad SMARTS) is 2. The number of hydrogen-bond donors (Lipinski definition) is 2. The molecule has 3 unspecified atom stereocenters. The molecule has 1 aromatic rings. The molecule has 2 heterocycles. The molecule has 0 bridgehead atoms. The number of morpholine rings is 1. The first kappa shape index (κ1) is 32.5. The fourth-order valence-corrected chi connectivity index (χ4v) is 3.72. The molecule has 1 saturated heterocycles. The first-order chi connectivity index (χ1) is 17.1. The first-order valence-corrected chi connectivity index (χ1v) is 11.2. The Balaban J connectivity index is 0.000000404. The predicted molar refractivity (Wildman–Crippen MR) is 118 cm³/mol. The molecular weight excluding hydrogens is 516 g/mol. The predicted octanol–water partition coefficient (Wildman–Crippen LogP) is 2.91. The van der Waals surface area contributed by atoms with E-state index in [1.54, 1.807) is 0 Å². The van der Waals surface area contributed by atoms with Gasteiger partial charge in [0.15, 0.2) is 0 Å². The SMILES string of the molecule is CN(C)CCOCC1CCC2C1OCCN2Cc1cccnc1.O=C(O)C(F)(F)F.O=C(O)C(F)(F)F. The Morgan fingerprint density at radius 1 is 1.14 bits per heavy atom. The maximum Gasteiger partial charge on any atom is 0.490 e. The third-order valence-electron chi connectivity index (χ3n) is 5.44. The number of fused-ring (bicyclic) bond motifs is 1. The van der Waals surface area contributed by atoms with Crippen LogP contribution in [0, 0.1) is 5.92 Å². The van der Waals surface area contributed by atoms with Gasteiger partial charge < -0.3 is 24.6 Å². The summed E-state index contributed by atoms with van der Waals surface area (Å²) in [5.41, 5.74) is 1.29. The molecule has 3 rings (SSSR count). The van der Waals surface area contributed by atoms with E-state index in [0.29, 0.717) is 18.1 Å². The third-order valence-corrected chi connectivity index (χ3v) is 5.44. The number of alkyl halides is 6. The highest BCUT2D eigenvalue weighted by atomic mass is 19.4. The van der Waals surface area contributed by atoms with Gasteiger partial charge in [0, 0.05) is 44.0 Å². The monoisotopic (exact) mass is 547 g/mol. The second-order valence-electron chi connectivity index (χ2n) is 8.56. The average molecular weight is 547 g/mol. The van der Waals surface area contributed by atoms with Crippen molar-refractivity contribution in [1.29, 1.82) is 0 Å². The molecule has 2 N–H and O–H groups in total. The van der Waals surface area contributed by atoms with E-state index in [-0.39, 0.29) is 0 Å². The molecular formula is C22H31F6N3O6. The van der Waals surface area contributed by atoms with Crippen molar-refractivity contribution in [3.05, 3.63) is 30.1 Å². The lowest BCUT2D eigenvalue weighted by Crippen LogP contribution is -2.50. The summed E-state index contributed by atoms with van der Waals surface area (Å²) in [7, 11) is 4.16. The summed E-state index contributed by atoms with van der Waals surface area (Å²) in [5.74, 6) is -4.97. The van der Waals surface area contributed by atoms with Gasteiger partial charge in [-0.1, -0.05) is 6.07 Å². The van der Waals surface area contributed by atoms with Crippen molar-refractivity contribution >= 4 is 11.9 Å². The minimum absolute atomic E-state index is 0.333. The zero-order chi connectivity index (χ0) is 28.2. The highest BCUT2D eigenvalue weighted by Gasteiger charge is 2.42. The zero-order valence-electron chi connectivity index (χ0n) is 20.3. The standard InChI is InChI=1S/C18H29N3O2.2C2HF3O2/c1-20(2)8-10-22-14-16-5-6-17-18(16)23-11-9-21(17)13-15-4-3-7-19-12-15;2*3-2(4,5)1(6)7/h3-4,7,12,16-18H,5-6,8-11,13-14H2,1-2H3;2*(H,6,7). The summed E-state index contributed by atoms with van der Waals surface area (Å²) in [6.07, 6.45) is -3.60. The maximum absolute atomic E-state index is 10.6. The molecule has 2 fully saturated rings. The lowest BCUT2D eigenvalue weighted by Gasteiger charge is -2.39. The van der Waals surface area contributed by atoms with Crippen LogP contribution >= 0.6 is 0 Å². The minimum atomic E-state index is -5.08. The first-order valence-electron chi connectivity index (χ1n) is 11.2. The van der Waals surface area contributed by atoms with Crippen LogP contribution < -0.4 is 0 Å². The van der Waals surface area contributed by atoms with E-state index in [2.05, 4.69) is 34.9 Å². The van der Waals surface area contributed by atoms with Gasteiger partial charge in [-0.25, -0.2) is 9.59 Å². The number of aromatic nitrogens is 1. The molecule has 2 aliphatic rings. The lowest BCUT2D eigenvalue weighted by atomic mass is 10.0. The van der Waals surface area contributed by atoms with Crippen LogP contribution in [0.4, 0.5) is 26.3 Å². The van der Waals surface area contributed by atoms with E-state index in [1.807, 2.05) is 18.5 Å². The average Bonchev–Trinajstić information content (AvgIpc) is 3.21. The van der Waals surface area contributed by atoms with Gasteiger partial charge in [0.05, 0.1) is 25.9 Å². The second-order valence-corrected chi connectivity index (χ2v) is 8.56. The van der Waals surface area contributed by atoms with Crippen molar-refractivity contribution < 1.29 is 55.6 Å². The smallest absolute Gasteiger partial charge is 0.475 e. The molecule has 0 spiro atoms. The van der Waals surface area contributed by atoms with Crippen LogP contribution in [-0.4, -0.2) is 108 Å². The Labute approximate surface area is 210 Å². The fraction of sp³-hybridized carbons (Fsp3) is 0.682. The molecule has 37 heavy (non-hydrogen) atoms. The third kappa shape index (κ3) is 12.5. The van der Waals surface area contributed by atoms with Crippen molar-refractivity contribution in [1.82, 2.24) is 14.8 Å². The van der Waals surface area contributed by atoms with Crippen LogP contribution in [0.2, 0.25) is 0 Å². The summed E-state index contributed by atoms with van der Waals surface area (Å²) in [4.78, 5) is 26.8. The zero-order valence-corrected chi connectivity index (χ0v) is 20.3. The number of likely N-dealkylation sites (N-methyl/N-ethyl adjacent to an activating group) is 1. The van der Waals surface area contributed by atoms with E-state index >= 15 is 0 Å². The number of carboxylic acids is 2. The van der Waals surface area contributed by atoms with E-state index in [0.717, 1.165) is 39.5 Å². The highest BCUT2D eigenvalue weighted by Crippen LogP contribution is 2.35. The van der Waals surface area contributed by atoms with Gasteiger partial charge in [-0.3, -0.25) is 9.88 Å². The van der Waals surface area contributed by atoms with Crippen LogP contribution in [0.25, 0.3) is 0 Å². The van der Waals surface area contributed by atoms with Gasteiger partial charge in [-0.15, -0.1) is 0 Å². The number of halogens is 6.